The first-order valence-corrected chi connectivity index (χ1v) is 6.35. The molecule has 2 rings (SSSR count). The van der Waals surface area contributed by atoms with Gasteiger partial charge in [-0.3, -0.25) is 0 Å². The largest absolute Gasteiger partial charge is 0.496 e. The summed E-state index contributed by atoms with van der Waals surface area (Å²) >= 11 is 5.82. The van der Waals surface area contributed by atoms with Crippen LogP contribution in [0.5, 0.6) is 11.5 Å². The van der Waals surface area contributed by atoms with Crippen LogP contribution in [-0.2, 0) is 13.2 Å². The lowest BCUT2D eigenvalue weighted by Gasteiger charge is -2.10. The molecular weight excluding hydrogens is 262 g/mol. The van der Waals surface area contributed by atoms with Crippen molar-refractivity contribution in [2.24, 2.45) is 5.73 Å². The lowest BCUT2D eigenvalue weighted by atomic mass is 10.1. The van der Waals surface area contributed by atoms with Crippen molar-refractivity contribution >= 4 is 11.6 Å². The summed E-state index contributed by atoms with van der Waals surface area (Å²) in [5.41, 5.74) is 7.71. The molecule has 19 heavy (non-hydrogen) atoms. The Morgan fingerprint density at radius 2 is 1.84 bits per heavy atom. The van der Waals surface area contributed by atoms with E-state index in [2.05, 4.69) is 0 Å². The molecule has 0 bridgehead atoms. The molecule has 4 heteroatoms. The van der Waals surface area contributed by atoms with Crippen LogP contribution in [-0.4, -0.2) is 7.11 Å². The summed E-state index contributed by atoms with van der Waals surface area (Å²) in [5.74, 6) is 1.59. The van der Waals surface area contributed by atoms with E-state index in [0.29, 0.717) is 18.2 Å². The van der Waals surface area contributed by atoms with Crippen molar-refractivity contribution in [2.45, 2.75) is 13.2 Å². The number of hydrogen-bond donors (Lipinski definition) is 1. The summed E-state index contributed by atoms with van der Waals surface area (Å²) in [6.45, 7) is 0.927. The molecule has 2 aromatic rings. The van der Waals surface area contributed by atoms with Gasteiger partial charge in [-0.1, -0.05) is 17.7 Å². The summed E-state index contributed by atoms with van der Waals surface area (Å²) < 4.78 is 10.9. The van der Waals surface area contributed by atoms with Gasteiger partial charge in [0.2, 0.25) is 0 Å². The van der Waals surface area contributed by atoms with Gasteiger partial charge in [-0.15, -0.1) is 0 Å². The smallest absolute Gasteiger partial charge is 0.123 e. The van der Waals surface area contributed by atoms with Crippen LogP contribution in [0.2, 0.25) is 5.02 Å². The first kappa shape index (κ1) is 13.7. The predicted molar refractivity (Wildman–Crippen MR) is 76.7 cm³/mol. The molecule has 3 nitrogen and oxygen atoms in total. The second kappa shape index (κ2) is 6.45. The van der Waals surface area contributed by atoms with Gasteiger partial charge in [-0.25, -0.2) is 0 Å². The fourth-order valence-corrected chi connectivity index (χ4v) is 1.90. The van der Waals surface area contributed by atoms with Crippen molar-refractivity contribution in [2.75, 3.05) is 7.11 Å². The van der Waals surface area contributed by atoms with E-state index < -0.39 is 0 Å². The van der Waals surface area contributed by atoms with Crippen LogP contribution in [0.3, 0.4) is 0 Å². The maximum atomic E-state index is 5.82. The fourth-order valence-electron chi connectivity index (χ4n) is 1.78. The number of nitrogens with two attached hydrogens (primary N) is 1. The molecule has 0 heterocycles. The minimum atomic E-state index is 0.442. The van der Waals surface area contributed by atoms with Crippen molar-refractivity contribution in [1.82, 2.24) is 0 Å². The average molecular weight is 278 g/mol. The summed E-state index contributed by atoms with van der Waals surface area (Å²) in [6.07, 6.45) is 0. The highest BCUT2D eigenvalue weighted by atomic mass is 35.5. The van der Waals surface area contributed by atoms with Gasteiger partial charge in [-0.2, -0.15) is 0 Å². The van der Waals surface area contributed by atoms with E-state index >= 15 is 0 Å². The van der Waals surface area contributed by atoms with E-state index in [1.165, 1.54) is 0 Å². The van der Waals surface area contributed by atoms with Crippen LogP contribution >= 0.6 is 11.6 Å². The molecule has 0 saturated carbocycles. The van der Waals surface area contributed by atoms with Gasteiger partial charge < -0.3 is 15.2 Å². The predicted octanol–water partition coefficient (Wildman–Crippen LogP) is 3.39. The molecule has 0 fully saturated rings. The van der Waals surface area contributed by atoms with Gasteiger partial charge >= 0.3 is 0 Å². The van der Waals surface area contributed by atoms with Crippen LogP contribution < -0.4 is 15.2 Å². The molecule has 2 aromatic carbocycles. The van der Waals surface area contributed by atoms with Crippen molar-refractivity contribution in [3.63, 3.8) is 0 Å². The minimum absolute atomic E-state index is 0.442. The van der Waals surface area contributed by atoms with Crippen LogP contribution in [0.25, 0.3) is 0 Å². The molecule has 0 aliphatic rings. The maximum absolute atomic E-state index is 5.82. The van der Waals surface area contributed by atoms with Crippen LogP contribution in [0.1, 0.15) is 11.1 Å². The second-order valence-corrected chi connectivity index (χ2v) is 4.53. The number of benzene rings is 2. The van der Waals surface area contributed by atoms with Crippen LogP contribution in [0, 0.1) is 0 Å². The first-order valence-electron chi connectivity index (χ1n) is 5.97. The van der Waals surface area contributed by atoms with Crippen LogP contribution in [0.4, 0.5) is 0 Å². The van der Waals surface area contributed by atoms with Gasteiger partial charge in [0.05, 0.1) is 7.11 Å². The maximum Gasteiger partial charge on any atom is 0.123 e. The third-order valence-electron chi connectivity index (χ3n) is 2.78. The molecule has 0 aliphatic carbocycles. The fraction of sp³-hybridized carbons (Fsp3) is 0.200. The molecule has 100 valence electrons. The third kappa shape index (κ3) is 3.63. The Hall–Kier alpha value is -1.71. The van der Waals surface area contributed by atoms with Gasteiger partial charge in [0.1, 0.15) is 18.1 Å². The lowest BCUT2D eigenvalue weighted by Crippen LogP contribution is -2.02. The van der Waals surface area contributed by atoms with E-state index in [9.17, 15) is 0 Å². The van der Waals surface area contributed by atoms with E-state index in [1.807, 2.05) is 30.3 Å². The summed E-state index contributed by atoms with van der Waals surface area (Å²) in [4.78, 5) is 0. The Morgan fingerprint density at radius 1 is 1.11 bits per heavy atom. The minimum Gasteiger partial charge on any atom is -0.496 e. The monoisotopic (exact) mass is 277 g/mol. The molecule has 0 amide bonds. The highest BCUT2D eigenvalue weighted by Gasteiger charge is 2.03. The van der Waals surface area contributed by atoms with E-state index in [-0.39, 0.29) is 0 Å². The zero-order chi connectivity index (χ0) is 13.7. The molecule has 0 spiro atoms. The number of halogens is 1. The summed E-state index contributed by atoms with van der Waals surface area (Å²) in [7, 11) is 1.64. The number of methoxy groups -OCH3 is 1. The van der Waals surface area contributed by atoms with Gasteiger partial charge in [0.15, 0.2) is 0 Å². The van der Waals surface area contributed by atoms with Crippen molar-refractivity contribution < 1.29 is 9.47 Å². The molecule has 2 N–H and O–H groups in total. The van der Waals surface area contributed by atoms with E-state index in [1.54, 1.807) is 19.2 Å². The molecule has 0 aromatic heterocycles. The van der Waals surface area contributed by atoms with Gasteiger partial charge in [0, 0.05) is 17.1 Å². The lowest BCUT2D eigenvalue weighted by molar-refractivity contribution is 0.306. The van der Waals surface area contributed by atoms with Crippen molar-refractivity contribution in [3.05, 3.63) is 58.6 Å². The molecule has 0 unspecified atom stereocenters. The Morgan fingerprint density at radius 3 is 2.47 bits per heavy atom. The van der Waals surface area contributed by atoms with Gasteiger partial charge in [0.25, 0.3) is 0 Å². The Kier molecular flexibility index (Phi) is 4.66. The molecular formula is C15H16ClNO2. The van der Waals surface area contributed by atoms with E-state index in [0.717, 1.165) is 22.6 Å². The molecule has 0 radical (unpaired) electrons. The number of hydrogen-bond acceptors (Lipinski definition) is 3. The number of ether oxygens (including phenoxy) is 2. The Balaban J connectivity index is 2.05. The number of rotatable bonds is 5. The average Bonchev–Trinajstić information content (AvgIpc) is 2.46. The van der Waals surface area contributed by atoms with E-state index in [4.69, 9.17) is 26.8 Å². The summed E-state index contributed by atoms with van der Waals surface area (Å²) in [6, 6.07) is 13.2. The van der Waals surface area contributed by atoms with Crippen LogP contribution in [0.15, 0.2) is 42.5 Å². The summed E-state index contributed by atoms with van der Waals surface area (Å²) in [5, 5.41) is 0.696. The zero-order valence-corrected chi connectivity index (χ0v) is 11.5. The SMILES string of the molecule is COc1ccc(COc2ccc(Cl)cc2)cc1CN. The molecule has 0 saturated heterocycles. The highest BCUT2D eigenvalue weighted by molar-refractivity contribution is 6.30. The van der Waals surface area contributed by atoms with Gasteiger partial charge in [-0.05, 0) is 42.0 Å². The second-order valence-electron chi connectivity index (χ2n) is 4.09. The standard InChI is InChI=1S/C15H16ClNO2/c1-18-15-7-2-11(8-12(15)9-17)10-19-14-5-3-13(16)4-6-14/h2-8H,9-10,17H2,1H3. The zero-order valence-electron chi connectivity index (χ0n) is 10.7. The highest BCUT2D eigenvalue weighted by Crippen LogP contribution is 2.21. The topological polar surface area (TPSA) is 44.5 Å². The molecule has 0 aliphatic heterocycles. The third-order valence-corrected chi connectivity index (χ3v) is 3.04. The first-order chi connectivity index (χ1) is 9.22. The molecule has 0 atom stereocenters. The Bertz CT molecular complexity index is 540. The normalized spacial score (nSPS) is 10.3. The van der Waals surface area contributed by atoms with Crippen molar-refractivity contribution in [1.29, 1.82) is 0 Å². The Labute approximate surface area is 117 Å². The quantitative estimate of drug-likeness (QED) is 0.911. The van der Waals surface area contributed by atoms with Crippen molar-refractivity contribution in [3.8, 4) is 11.5 Å².